The number of guanidine groups is 1. The Morgan fingerprint density at radius 2 is 1.90 bits per heavy atom. The molecular weight excluding hydrogens is 377 g/mol. The highest BCUT2D eigenvalue weighted by atomic mass is 127. The number of aliphatic imine (C=N–C) groups is 1. The number of nitrogens with zero attached hydrogens (tertiary/aromatic N) is 1. The average molecular weight is 405 g/mol. The highest BCUT2D eigenvalue weighted by Gasteiger charge is 1.96. The van der Waals surface area contributed by atoms with Gasteiger partial charge in [0.2, 0.25) is 0 Å². The molecule has 0 aliphatic carbocycles. The topological polar surface area (TPSA) is 45.7 Å². The Labute approximate surface area is 145 Å². The van der Waals surface area contributed by atoms with Gasteiger partial charge < -0.3 is 15.4 Å². The van der Waals surface area contributed by atoms with E-state index in [1.807, 2.05) is 18.2 Å². The van der Waals surface area contributed by atoms with E-state index in [0.717, 1.165) is 32.0 Å². The van der Waals surface area contributed by atoms with Crippen LogP contribution in [0, 0.1) is 0 Å². The minimum Gasteiger partial charge on any atom is -0.375 e. The molecule has 21 heavy (non-hydrogen) atoms. The number of rotatable bonds is 9. The second kappa shape index (κ2) is 14.1. The van der Waals surface area contributed by atoms with Gasteiger partial charge in [0.05, 0.1) is 13.2 Å². The van der Waals surface area contributed by atoms with Crippen LogP contribution >= 0.6 is 24.0 Å². The van der Waals surface area contributed by atoms with Crippen LogP contribution in [0.25, 0.3) is 0 Å². The van der Waals surface area contributed by atoms with Crippen LogP contribution in [0.5, 0.6) is 0 Å². The highest BCUT2D eigenvalue weighted by Crippen LogP contribution is 1.99. The van der Waals surface area contributed by atoms with E-state index >= 15 is 0 Å². The van der Waals surface area contributed by atoms with Gasteiger partial charge in [-0.15, -0.1) is 24.0 Å². The van der Waals surface area contributed by atoms with Crippen molar-refractivity contribution in [3.8, 4) is 0 Å². The van der Waals surface area contributed by atoms with Crippen LogP contribution in [0.4, 0.5) is 0 Å². The largest absolute Gasteiger partial charge is 0.375 e. The van der Waals surface area contributed by atoms with Gasteiger partial charge in [-0.05, 0) is 18.9 Å². The number of hydrogen-bond acceptors (Lipinski definition) is 2. The third-order valence-electron chi connectivity index (χ3n) is 2.78. The van der Waals surface area contributed by atoms with Crippen LogP contribution in [-0.4, -0.2) is 32.2 Å². The molecule has 0 heterocycles. The fourth-order valence-electron chi connectivity index (χ4n) is 1.70. The second-order valence-corrected chi connectivity index (χ2v) is 4.58. The molecule has 0 atom stereocenters. The summed E-state index contributed by atoms with van der Waals surface area (Å²) in [7, 11) is 0. The van der Waals surface area contributed by atoms with Crippen molar-refractivity contribution in [2.75, 3.05) is 26.2 Å². The molecule has 0 radical (unpaired) electrons. The molecule has 0 spiro atoms. The number of halogens is 1. The zero-order valence-corrected chi connectivity index (χ0v) is 15.4. The van der Waals surface area contributed by atoms with Crippen molar-refractivity contribution < 1.29 is 4.74 Å². The summed E-state index contributed by atoms with van der Waals surface area (Å²) in [5.41, 5.74) is 1.20. The molecule has 120 valence electrons. The zero-order chi connectivity index (χ0) is 14.5. The van der Waals surface area contributed by atoms with E-state index in [0.29, 0.717) is 13.2 Å². The van der Waals surface area contributed by atoms with E-state index in [9.17, 15) is 0 Å². The normalized spacial score (nSPS) is 10.9. The molecule has 0 saturated carbocycles. The number of hydrogen-bond donors (Lipinski definition) is 2. The minimum atomic E-state index is 0. The molecule has 0 bridgehead atoms. The van der Waals surface area contributed by atoms with Gasteiger partial charge in [-0.1, -0.05) is 43.7 Å². The third-order valence-corrected chi connectivity index (χ3v) is 2.78. The van der Waals surface area contributed by atoms with Crippen LogP contribution < -0.4 is 10.6 Å². The number of unbranched alkanes of at least 4 members (excludes halogenated alkanes) is 1. The van der Waals surface area contributed by atoms with Crippen LogP contribution in [0.15, 0.2) is 35.3 Å². The lowest BCUT2D eigenvalue weighted by atomic mass is 10.2. The van der Waals surface area contributed by atoms with E-state index in [1.165, 1.54) is 12.0 Å². The number of ether oxygens (including phenoxy) is 1. The number of nitrogens with one attached hydrogen (secondary N) is 2. The second-order valence-electron chi connectivity index (χ2n) is 4.58. The van der Waals surface area contributed by atoms with Crippen molar-refractivity contribution in [1.29, 1.82) is 0 Å². The predicted molar refractivity (Wildman–Crippen MR) is 100 cm³/mol. The van der Waals surface area contributed by atoms with Crippen molar-refractivity contribution in [3.05, 3.63) is 35.9 Å². The monoisotopic (exact) mass is 405 g/mol. The molecule has 0 aliphatic heterocycles. The van der Waals surface area contributed by atoms with Crippen LogP contribution in [0.2, 0.25) is 0 Å². The smallest absolute Gasteiger partial charge is 0.191 e. The molecule has 1 aromatic rings. The van der Waals surface area contributed by atoms with Crippen LogP contribution in [-0.2, 0) is 11.3 Å². The standard InChI is InChI=1S/C16H27N3O.HI/c1-3-5-11-18-16(17-4-2)19-12-13-20-14-15-9-7-6-8-10-15;/h6-10H,3-5,11-14H2,1-2H3,(H2,17,18,19);1H. The fraction of sp³-hybridized carbons (Fsp3) is 0.562. The van der Waals surface area contributed by atoms with Crippen molar-refractivity contribution >= 4 is 29.9 Å². The Hall–Kier alpha value is -0.820. The first-order valence-electron chi connectivity index (χ1n) is 7.50. The van der Waals surface area contributed by atoms with E-state index in [4.69, 9.17) is 4.74 Å². The molecule has 5 heteroatoms. The highest BCUT2D eigenvalue weighted by molar-refractivity contribution is 14.0. The summed E-state index contributed by atoms with van der Waals surface area (Å²) >= 11 is 0. The molecule has 0 saturated heterocycles. The van der Waals surface area contributed by atoms with Gasteiger partial charge in [0, 0.05) is 19.6 Å². The molecular formula is C16H28IN3O. The maximum Gasteiger partial charge on any atom is 0.191 e. The molecule has 2 N–H and O–H groups in total. The predicted octanol–water partition coefficient (Wildman–Crippen LogP) is 3.18. The third kappa shape index (κ3) is 10.5. The summed E-state index contributed by atoms with van der Waals surface area (Å²) in [6.07, 6.45) is 2.30. The van der Waals surface area contributed by atoms with E-state index in [2.05, 4.69) is 41.6 Å². The van der Waals surface area contributed by atoms with Gasteiger partial charge in [0.25, 0.3) is 0 Å². The number of benzene rings is 1. The Morgan fingerprint density at radius 1 is 1.14 bits per heavy atom. The van der Waals surface area contributed by atoms with Gasteiger partial charge in [-0.25, -0.2) is 0 Å². The van der Waals surface area contributed by atoms with E-state index in [1.54, 1.807) is 0 Å². The molecule has 1 rings (SSSR count). The average Bonchev–Trinajstić information content (AvgIpc) is 2.48. The summed E-state index contributed by atoms with van der Waals surface area (Å²) in [5, 5.41) is 6.51. The Balaban J connectivity index is 0.00000400. The Bertz CT molecular complexity index is 371. The summed E-state index contributed by atoms with van der Waals surface area (Å²) < 4.78 is 5.63. The quantitative estimate of drug-likeness (QED) is 0.287. The van der Waals surface area contributed by atoms with Crippen molar-refractivity contribution in [3.63, 3.8) is 0 Å². The lowest BCUT2D eigenvalue weighted by Gasteiger charge is -2.11. The Morgan fingerprint density at radius 3 is 2.57 bits per heavy atom. The van der Waals surface area contributed by atoms with Crippen LogP contribution in [0.3, 0.4) is 0 Å². The van der Waals surface area contributed by atoms with E-state index < -0.39 is 0 Å². The minimum absolute atomic E-state index is 0. The molecule has 0 unspecified atom stereocenters. The molecule has 0 aliphatic rings. The van der Waals surface area contributed by atoms with Crippen molar-refractivity contribution in [1.82, 2.24) is 10.6 Å². The van der Waals surface area contributed by atoms with Gasteiger partial charge in [-0.2, -0.15) is 0 Å². The van der Waals surface area contributed by atoms with Crippen molar-refractivity contribution in [2.45, 2.75) is 33.3 Å². The first-order chi connectivity index (χ1) is 9.86. The maximum atomic E-state index is 5.63. The molecule has 0 aromatic heterocycles. The maximum absolute atomic E-state index is 5.63. The molecule has 0 amide bonds. The van der Waals surface area contributed by atoms with Gasteiger partial charge in [-0.3, -0.25) is 4.99 Å². The molecule has 1 aromatic carbocycles. The van der Waals surface area contributed by atoms with Crippen molar-refractivity contribution in [2.24, 2.45) is 4.99 Å². The summed E-state index contributed by atoms with van der Waals surface area (Å²) in [6, 6.07) is 10.2. The summed E-state index contributed by atoms with van der Waals surface area (Å²) in [6.45, 7) is 8.10. The van der Waals surface area contributed by atoms with Gasteiger partial charge in [0.1, 0.15) is 0 Å². The lowest BCUT2D eigenvalue weighted by Crippen LogP contribution is -2.39. The first-order valence-corrected chi connectivity index (χ1v) is 7.50. The zero-order valence-electron chi connectivity index (χ0n) is 13.1. The van der Waals surface area contributed by atoms with Crippen LogP contribution in [0.1, 0.15) is 32.3 Å². The fourth-order valence-corrected chi connectivity index (χ4v) is 1.70. The molecule has 0 fully saturated rings. The van der Waals surface area contributed by atoms with Gasteiger partial charge in [0.15, 0.2) is 5.96 Å². The Kier molecular flexibility index (Phi) is 13.6. The first kappa shape index (κ1) is 20.2. The summed E-state index contributed by atoms with van der Waals surface area (Å²) in [4.78, 5) is 4.50. The molecule has 4 nitrogen and oxygen atoms in total. The van der Waals surface area contributed by atoms with E-state index in [-0.39, 0.29) is 24.0 Å². The summed E-state index contributed by atoms with van der Waals surface area (Å²) in [5.74, 6) is 0.879. The van der Waals surface area contributed by atoms with Gasteiger partial charge >= 0.3 is 0 Å². The SMILES string of the molecule is CCCCN=C(NCC)NCCOCc1ccccc1.I. The lowest BCUT2D eigenvalue weighted by molar-refractivity contribution is 0.125.